The number of sulfonamides is 1. The molecule has 0 amide bonds. The van der Waals surface area contributed by atoms with Gasteiger partial charge in [-0.25, -0.2) is 13.1 Å². The number of rotatable bonds is 5. The van der Waals surface area contributed by atoms with Crippen LogP contribution in [-0.4, -0.2) is 20.1 Å². The van der Waals surface area contributed by atoms with E-state index in [9.17, 15) is 13.5 Å². The van der Waals surface area contributed by atoms with Crippen molar-refractivity contribution < 1.29 is 13.5 Å². The standard InChI is InChI=1S/C15H22BrNO3S/c1-11-7-13(10-18)8-14(15(11)16)21(19,20)17-9-12-5-3-2-4-6-12/h7-8,12,17-18H,2-6,9-10H2,1H3. The van der Waals surface area contributed by atoms with E-state index in [1.54, 1.807) is 6.07 Å². The van der Waals surface area contributed by atoms with Gasteiger partial charge in [-0.3, -0.25) is 0 Å². The maximum Gasteiger partial charge on any atom is 0.241 e. The molecule has 1 aromatic carbocycles. The van der Waals surface area contributed by atoms with Gasteiger partial charge in [-0.1, -0.05) is 25.3 Å². The summed E-state index contributed by atoms with van der Waals surface area (Å²) in [5.74, 6) is 0.439. The van der Waals surface area contributed by atoms with Gasteiger partial charge < -0.3 is 5.11 Å². The predicted octanol–water partition coefficient (Wildman–Crippen LogP) is 3.11. The van der Waals surface area contributed by atoms with Crippen molar-refractivity contribution >= 4 is 26.0 Å². The lowest BCUT2D eigenvalue weighted by atomic mass is 9.90. The Morgan fingerprint density at radius 1 is 1.29 bits per heavy atom. The summed E-state index contributed by atoms with van der Waals surface area (Å²) in [7, 11) is -3.55. The first kappa shape index (κ1) is 16.9. The zero-order chi connectivity index (χ0) is 15.5. The lowest BCUT2D eigenvalue weighted by Gasteiger charge is -2.22. The van der Waals surface area contributed by atoms with Gasteiger partial charge >= 0.3 is 0 Å². The van der Waals surface area contributed by atoms with Gasteiger partial charge in [0.25, 0.3) is 0 Å². The van der Waals surface area contributed by atoms with Crippen LogP contribution in [-0.2, 0) is 16.6 Å². The zero-order valence-corrected chi connectivity index (χ0v) is 14.6. The molecule has 4 nitrogen and oxygen atoms in total. The van der Waals surface area contributed by atoms with Crippen molar-refractivity contribution in [1.82, 2.24) is 4.72 Å². The van der Waals surface area contributed by atoms with Crippen molar-refractivity contribution in [2.24, 2.45) is 5.92 Å². The second-order valence-electron chi connectivity index (χ2n) is 5.74. The lowest BCUT2D eigenvalue weighted by Crippen LogP contribution is -2.30. The highest BCUT2D eigenvalue weighted by Gasteiger charge is 2.22. The summed E-state index contributed by atoms with van der Waals surface area (Å²) in [6.07, 6.45) is 5.83. The Labute approximate surface area is 135 Å². The Morgan fingerprint density at radius 2 is 1.95 bits per heavy atom. The lowest BCUT2D eigenvalue weighted by molar-refractivity contribution is 0.281. The van der Waals surface area contributed by atoms with E-state index in [-0.39, 0.29) is 11.5 Å². The van der Waals surface area contributed by atoms with Crippen LogP contribution in [0.3, 0.4) is 0 Å². The maximum absolute atomic E-state index is 12.5. The average molecular weight is 376 g/mol. The second-order valence-corrected chi connectivity index (χ2v) is 8.27. The Balaban J connectivity index is 2.16. The van der Waals surface area contributed by atoms with Gasteiger partial charge in [-0.2, -0.15) is 0 Å². The molecule has 21 heavy (non-hydrogen) atoms. The van der Waals surface area contributed by atoms with Crippen LogP contribution in [0.15, 0.2) is 21.5 Å². The summed E-state index contributed by atoms with van der Waals surface area (Å²) in [4.78, 5) is 0.211. The van der Waals surface area contributed by atoms with E-state index in [1.807, 2.05) is 6.92 Å². The van der Waals surface area contributed by atoms with Crippen LogP contribution in [0.25, 0.3) is 0 Å². The first-order chi connectivity index (χ1) is 9.94. The van der Waals surface area contributed by atoms with E-state index < -0.39 is 10.0 Å². The van der Waals surface area contributed by atoms with Crippen LogP contribution in [0.4, 0.5) is 0 Å². The minimum atomic E-state index is -3.55. The van der Waals surface area contributed by atoms with Crippen molar-refractivity contribution in [2.75, 3.05) is 6.54 Å². The fourth-order valence-electron chi connectivity index (χ4n) is 2.79. The molecule has 1 aromatic rings. The monoisotopic (exact) mass is 375 g/mol. The molecule has 1 saturated carbocycles. The highest BCUT2D eigenvalue weighted by Crippen LogP contribution is 2.28. The van der Waals surface area contributed by atoms with Gasteiger partial charge in [0.05, 0.1) is 11.5 Å². The number of hydrogen-bond donors (Lipinski definition) is 2. The van der Waals surface area contributed by atoms with Crippen molar-refractivity contribution in [2.45, 2.75) is 50.5 Å². The van der Waals surface area contributed by atoms with Crippen LogP contribution >= 0.6 is 15.9 Å². The molecular weight excluding hydrogens is 354 g/mol. The molecule has 2 N–H and O–H groups in total. The Morgan fingerprint density at radius 3 is 2.57 bits per heavy atom. The Hall–Kier alpha value is -0.430. The molecule has 0 spiro atoms. The summed E-state index contributed by atoms with van der Waals surface area (Å²) in [6, 6.07) is 3.31. The molecule has 0 bridgehead atoms. The number of halogens is 1. The second kappa shape index (κ2) is 7.22. The Kier molecular flexibility index (Phi) is 5.82. The number of aliphatic hydroxyl groups is 1. The molecule has 2 rings (SSSR count). The number of benzene rings is 1. The van der Waals surface area contributed by atoms with Gasteiger partial charge in [0.15, 0.2) is 0 Å². The largest absolute Gasteiger partial charge is 0.392 e. The molecule has 0 atom stereocenters. The molecule has 0 aliphatic heterocycles. The van der Waals surface area contributed by atoms with Gasteiger partial charge in [0.1, 0.15) is 0 Å². The molecule has 1 aliphatic carbocycles. The van der Waals surface area contributed by atoms with E-state index >= 15 is 0 Å². The fraction of sp³-hybridized carbons (Fsp3) is 0.600. The quantitative estimate of drug-likeness (QED) is 0.830. The number of aliphatic hydroxyl groups excluding tert-OH is 1. The van der Waals surface area contributed by atoms with E-state index in [2.05, 4.69) is 20.7 Å². The third-order valence-corrected chi connectivity index (χ3v) is 6.80. The number of nitrogens with one attached hydrogen (secondary N) is 1. The third kappa shape index (κ3) is 4.28. The average Bonchev–Trinajstić information content (AvgIpc) is 2.48. The number of aryl methyl sites for hydroxylation is 1. The maximum atomic E-state index is 12.5. The van der Waals surface area contributed by atoms with Crippen molar-refractivity contribution in [3.05, 3.63) is 27.7 Å². The molecule has 118 valence electrons. The predicted molar refractivity (Wildman–Crippen MR) is 86.6 cm³/mol. The summed E-state index contributed by atoms with van der Waals surface area (Å²) in [5.41, 5.74) is 1.41. The first-order valence-electron chi connectivity index (χ1n) is 7.33. The summed E-state index contributed by atoms with van der Waals surface area (Å²) in [5, 5.41) is 9.25. The van der Waals surface area contributed by atoms with E-state index in [0.29, 0.717) is 22.5 Å². The highest BCUT2D eigenvalue weighted by molar-refractivity contribution is 9.10. The van der Waals surface area contributed by atoms with Crippen LogP contribution < -0.4 is 4.72 Å². The first-order valence-corrected chi connectivity index (χ1v) is 9.61. The van der Waals surface area contributed by atoms with Crippen molar-refractivity contribution in [1.29, 1.82) is 0 Å². The topological polar surface area (TPSA) is 66.4 Å². The minimum absolute atomic E-state index is 0.167. The van der Waals surface area contributed by atoms with Crippen molar-refractivity contribution in [3.63, 3.8) is 0 Å². The molecule has 0 radical (unpaired) electrons. The fourth-order valence-corrected chi connectivity index (χ4v) is 4.97. The van der Waals surface area contributed by atoms with Gasteiger partial charge in [0, 0.05) is 11.0 Å². The molecule has 0 saturated heterocycles. The summed E-state index contributed by atoms with van der Waals surface area (Å²) < 4.78 is 28.3. The molecule has 1 aliphatic rings. The molecule has 1 fully saturated rings. The zero-order valence-electron chi connectivity index (χ0n) is 12.2. The molecule has 0 aromatic heterocycles. The third-order valence-electron chi connectivity index (χ3n) is 4.04. The van der Waals surface area contributed by atoms with Crippen molar-refractivity contribution in [3.8, 4) is 0 Å². The normalized spacial score (nSPS) is 17.1. The van der Waals surface area contributed by atoms with Crippen LogP contribution in [0.1, 0.15) is 43.2 Å². The van der Waals surface area contributed by atoms with Gasteiger partial charge in [-0.15, -0.1) is 0 Å². The summed E-state index contributed by atoms with van der Waals surface area (Å²) >= 11 is 3.34. The van der Waals surface area contributed by atoms with Crippen LogP contribution in [0.5, 0.6) is 0 Å². The van der Waals surface area contributed by atoms with E-state index in [4.69, 9.17) is 0 Å². The van der Waals surface area contributed by atoms with Crippen LogP contribution in [0, 0.1) is 12.8 Å². The molecular formula is C15H22BrNO3S. The summed E-state index contributed by atoms with van der Waals surface area (Å²) in [6.45, 7) is 2.15. The SMILES string of the molecule is Cc1cc(CO)cc(S(=O)(=O)NCC2CCCCC2)c1Br. The van der Waals surface area contributed by atoms with Crippen LogP contribution in [0.2, 0.25) is 0 Å². The smallest absolute Gasteiger partial charge is 0.241 e. The van der Waals surface area contributed by atoms with Gasteiger partial charge in [-0.05, 0) is 58.8 Å². The van der Waals surface area contributed by atoms with E-state index in [1.165, 1.54) is 25.3 Å². The molecule has 6 heteroatoms. The molecule has 0 unspecified atom stereocenters. The Bertz CT molecular complexity index is 595. The van der Waals surface area contributed by atoms with E-state index in [0.717, 1.165) is 18.4 Å². The molecule has 0 heterocycles. The minimum Gasteiger partial charge on any atom is -0.392 e. The van der Waals surface area contributed by atoms with Gasteiger partial charge in [0.2, 0.25) is 10.0 Å². The highest BCUT2D eigenvalue weighted by atomic mass is 79.9. The number of hydrogen-bond acceptors (Lipinski definition) is 3.